The molecular formula is C6H6F3NOS. The van der Waals surface area contributed by atoms with Crippen molar-refractivity contribution >= 4 is 11.3 Å². The average molecular weight is 197 g/mol. The number of alkyl halides is 3. The number of aliphatic hydroxyl groups is 1. The van der Waals surface area contributed by atoms with E-state index in [1.807, 2.05) is 0 Å². The molecule has 0 aliphatic heterocycles. The third-order valence-electron chi connectivity index (χ3n) is 1.17. The molecule has 0 saturated carbocycles. The number of hydrogen-bond donors (Lipinski definition) is 1. The van der Waals surface area contributed by atoms with E-state index in [4.69, 9.17) is 5.11 Å². The predicted octanol–water partition coefficient (Wildman–Crippen LogP) is 1.70. The van der Waals surface area contributed by atoms with Gasteiger partial charge in [-0.1, -0.05) is 0 Å². The summed E-state index contributed by atoms with van der Waals surface area (Å²) < 4.78 is 35.8. The Morgan fingerprint density at radius 3 is 2.58 bits per heavy atom. The summed E-state index contributed by atoms with van der Waals surface area (Å²) in [5.74, 6) is 0. The van der Waals surface area contributed by atoms with E-state index in [-0.39, 0.29) is 13.0 Å². The van der Waals surface area contributed by atoms with Crippen LogP contribution in [0.3, 0.4) is 0 Å². The van der Waals surface area contributed by atoms with E-state index in [9.17, 15) is 13.2 Å². The Morgan fingerprint density at radius 1 is 1.50 bits per heavy atom. The van der Waals surface area contributed by atoms with Gasteiger partial charge in [-0.15, -0.1) is 11.3 Å². The fourth-order valence-electron chi connectivity index (χ4n) is 0.652. The highest BCUT2D eigenvalue weighted by molar-refractivity contribution is 7.09. The molecule has 0 unspecified atom stereocenters. The van der Waals surface area contributed by atoms with Crippen molar-refractivity contribution in [3.05, 3.63) is 16.1 Å². The smallest absolute Gasteiger partial charge is 0.396 e. The third kappa shape index (κ3) is 2.18. The minimum Gasteiger partial charge on any atom is -0.396 e. The second-order valence-electron chi connectivity index (χ2n) is 2.10. The van der Waals surface area contributed by atoms with Crippen LogP contribution in [-0.4, -0.2) is 16.7 Å². The van der Waals surface area contributed by atoms with E-state index in [2.05, 4.69) is 4.98 Å². The molecular weight excluding hydrogens is 191 g/mol. The van der Waals surface area contributed by atoms with Gasteiger partial charge in [0, 0.05) is 18.4 Å². The van der Waals surface area contributed by atoms with E-state index in [1.165, 1.54) is 0 Å². The van der Waals surface area contributed by atoms with Crippen LogP contribution >= 0.6 is 11.3 Å². The minimum absolute atomic E-state index is 0.176. The molecule has 0 spiro atoms. The number of thiazole rings is 1. The van der Waals surface area contributed by atoms with Gasteiger partial charge < -0.3 is 5.11 Å². The van der Waals surface area contributed by atoms with Crippen molar-refractivity contribution in [2.24, 2.45) is 0 Å². The van der Waals surface area contributed by atoms with Crippen LogP contribution < -0.4 is 0 Å². The number of aromatic nitrogens is 1. The van der Waals surface area contributed by atoms with Crippen LogP contribution in [0, 0.1) is 0 Å². The van der Waals surface area contributed by atoms with Crippen molar-refractivity contribution in [1.82, 2.24) is 4.98 Å². The topological polar surface area (TPSA) is 33.1 Å². The maximum atomic E-state index is 11.9. The van der Waals surface area contributed by atoms with E-state index in [0.29, 0.717) is 5.01 Å². The van der Waals surface area contributed by atoms with Crippen LogP contribution in [0.2, 0.25) is 0 Å². The predicted molar refractivity (Wildman–Crippen MR) is 37.9 cm³/mol. The molecule has 1 aromatic rings. The summed E-state index contributed by atoms with van der Waals surface area (Å²) in [5, 5.41) is 9.68. The first-order valence-corrected chi connectivity index (χ1v) is 4.04. The molecule has 0 aliphatic carbocycles. The molecule has 2 nitrogen and oxygen atoms in total. The van der Waals surface area contributed by atoms with Gasteiger partial charge in [0.25, 0.3) is 0 Å². The monoisotopic (exact) mass is 197 g/mol. The van der Waals surface area contributed by atoms with Crippen molar-refractivity contribution in [3.63, 3.8) is 0 Å². The van der Waals surface area contributed by atoms with Gasteiger partial charge >= 0.3 is 6.18 Å². The zero-order valence-corrected chi connectivity index (χ0v) is 6.74. The largest absolute Gasteiger partial charge is 0.434 e. The summed E-state index contributed by atoms with van der Waals surface area (Å²) >= 11 is 0.910. The van der Waals surface area contributed by atoms with Crippen molar-refractivity contribution < 1.29 is 18.3 Å². The lowest BCUT2D eigenvalue weighted by molar-refractivity contribution is -0.140. The van der Waals surface area contributed by atoms with Crippen molar-refractivity contribution in [1.29, 1.82) is 0 Å². The summed E-state index contributed by atoms with van der Waals surface area (Å²) in [7, 11) is 0. The van der Waals surface area contributed by atoms with Gasteiger partial charge in [0.15, 0.2) is 5.69 Å². The average Bonchev–Trinajstić information content (AvgIpc) is 2.35. The summed E-state index contributed by atoms with van der Waals surface area (Å²) in [6.45, 7) is -0.176. The van der Waals surface area contributed by atoms with E-state index in [1.54, 1.807) is 0 Å². The molecule has 0 fully saturated rings. The fourth-order valence-corrected chi connectivity index (χ4v) is 1.45. The van der Waals surface area contributed by atoms with Gasteiger partial charge in [0.05, 0.1) is 5.01 Å². The highest BCUT2D eigenvalue weighted by atomic mass is 32.1. The van der Waals surface area contributed by atoms with Gasteiger partial charge in [-0.3, -0.25) is 0 Å². The molecule has 1 heterocycles. The second-order valence-corrected chi connectivity index (χ2v) is 3.04. The molecule has 1 N–H and O–H groups in total. The maximum absolute atomic E-state index is 11.9. The van der Waals surface area contributed by atoms with Gasteiger partial charge in [-0.25, -0.2) is 4.98 Å². The van der Waals surface area contributed by atoms with E-state index in [0.717, 1.165) is 16.7 Å². The normalized spacial score (nSPS) is 12.0. The molecule has 0 aromatic carbocycles. The Balaban J connectivity index is 2.77. The Bertz CT molecular complexity index is 258. The highest BCUT2D eigenvalue weighted by Crippen LogP contribution is 2.29. The summed E-state index contributed by atoms with van der Waals surface area (Å²) in [6.07, 6.45) is -4.19. The molecule has 0 atom stereocenters. The van der Waals surface area contributed by atoms with E-state index >= 15 is 0 Å². The van der Waals surface area contributed by atoms with Crippen molar-refractivity contribution in [3.8, 4) is 0 Å². The van der Waals surface area contributed by atoms with Gasteiger partial charge in [-0.05, 0) is 0 Å². The van der Waals surface area contributed by atoms with Gasteiger partial charge in [0.1, 0.15) is 0 Å². The number of hydrogen-bond acceptors (Lipinski definition) is 3. The number of nitrogens with zero attached hydrogens (tertiary/aromatic N) is 1. The fraction of sp³-hybridized carbons (Fsp3) is 0.500. The first-order valence-electron chi connectivity index (χ1n) is 3.16. The number of halogens is 3. The quantitative estimate of drug-likeness (QED) is 0.782. The molecule has 1 rings (SSSR count). The van der Waals surface area contributed by atoms with Crippen LogP contribution in [0.4, 0.5) is 13.2 Å². The standard InChI is InChI=1S/C6H6F3NOS/c7-6(8,9)4-3-12-5(10-4)1-2-11/h3,11H,1-2H2. The molecule has 6 heteroatoms. The Kier molecular flexibility index (Phi) is 2.69. The van der Waals surface area contributed by atoms with E-state index < -0.39 is 11.9 Å². The first kappa shape index (κ1) is 9.47. The Labute approximate surface area is 70.7 Å². The summed E-state index contributed by atoms with van der Waals surface area (Å²) in [5.41, 5.74) is -0.879. The zero-order valence-electron chi connectivity index (χ0n) is 5.93. The number of aliphatic hydroxyl groups excluding tert-OH is 1. The highest BCUT2D eigenvalue weighted by Gasteiger charge is 2.33. The lowest BCUT2D eigenvalue weighted by Crippen LogP contribution is -2.05. The maximum Gasteiger partial charge on any atom is 0.434 e. The van der Waals surface area contributed by atoms with Crippen LogP contribution in [-0.2, 0) is 12.6 Å². The summed E-state index contributed by atoms with van der Waals surface area (Å²) in [4.78, 5) is 3.30. The van der Waals surface area contributed by atoms with Gasteiger partial charge in [0.2, 0.25) is 0 Å². The van der Waals surface area contributed by atoms with Crippen molar-refractivity contribution in [2.45, 2.75) is 12.6 Å². The molecule has 0 amide bonds. The minimum atomic E-state index is -4.37. The van der Waals surface area contributed by atoms with Crippen LogP contribution in [0.5, 0.6) is 0 Å². The number of rotatable bonds is 2. The van der Waals surface area contributed by atoms with Crippen LogP contribution in [0.1, 0.15) is 10.7 Å². The molecule has 0 bridgehead atoms. The van der Waals surface area contributed by atoms with Gasteiger partial charge in [-0.2, -0.15) is 13.2 Å². The first-order chi connectivity index (χ1) is 5.54. The van der Waals surface area contributed by atoms with Crippen LogP contribution in [0.25, 0.3) is 0 Å². The van der Waals surface area contributed by atoms with Crippen LogP contribution in [0.15, 0.2) is 5.38 Å². The Morgan fingerprint density at radius 2 is 2.17 bits per heavy atom. The molecule has 12 heavy (non-hydrogen) atoms. The molecule has 68 valence electrons. The Hall–Kier alpha value is -0.620. The molecule has 0 aliphatic rings. The van der Waals surface area contributed by atoms with Crippen molar-refractivity contribution in [2.75, 3.05) is 6.61 Å². The molecule has 1 aromatic heterocycles. The lowest BCUT2D eigenvalue weighted by Gasteiger charge is -1.99. The second kappa shape index (κ2) is 3.40. The molecule has 0 radical (unpaired) electrons. The SMILES string of the molecule is OCCc1nc(C(F)(F)F)cs1. The summed E-state index contributed by atoms with van der Waals surface area (Å²) in [6, 6.07) is 0. The lowest BCUT2D eigenvalue weighted by atomic mass is 10.4. The third-order valence-corrected chi connectivity index (χ3v) is 2.08. The molecule has 0 saturated heterocycles. The zero-order chi connectivity index (χ0) is 9.19.